The molecule has 26 heavy (non-hydrogen) atoms. The smallest absolute Gasteiger partial charge is 0.155 e. The van der Waals surface area contributed by atoms with E-state index in [1.54, 1.807) is 6.08 Å². The highest BCUT2D eigenvalue weighted by atomic mass is 19.1. The molecule has 5 rings (SSSR count). The molecule has 0 saturated heterocycles. The fraction of sp³-hybridized carbons (Fsp3) is 0.818. The van der Waals surface area contributed by atoms with E-state index in [1.165, 1.54) is 0 Å². The Balaban J connectivity index is 1.61. The van der Waals surface area contributed by atoms with Crippen LogP contribution in [0.25, 0.3) is 0 Å². The van der Waals surface area contributed by atoms with Gasteiger partial charge in [-0.25, -0.2) is 4.39 Å². The van der Waals surface area contributed by atoms with Crippen molar-refractivity contribution >= 4 is 11.6 Å². The molecule has 5 aliphatic carbocycles. The SMILES string of the molecule is C[C@]12CCC(=O)C=C1CC[C@H]1[C@@H]3CC[C@@]4(CCC4=O)[C@@]3(C)C[C@H](O)[C@@]12F. The van der Waals surface area contributed by atoms with E-state index in [9.17, 15) is 14.7 Å². The van der Waals surface area contributed by atoms with E-state index in [0.717, 1.165) is 31.3 Å². The van der Waals surface area contributed by atoms with Crippen LogP contribution in [0.2, 0.25) is 0 Å². The number of aliphatic hydroxyl groups excluding tert-OH is 1. The maximum absolute atomic E-state index is 16.9. The van der Waals surface area contributed by atoms with Gasteiger partial charge in [-0.2, -0.15) is 0 Å². The lowest BCUT2D eigenvalue weighted by atomic mass is 9.41. The van der Waals surface area contributed by atoms with Crippen molar-refractivity contribution in [3.05, 3.63) is 11.6 Å². The summed E-state index contributed by atoms with van der Waals surface area (Å²) in [7, 11) is 0. The van der Waals surface area contributed by atoms with Gasteiger partial charge >= 0.3 is 0 Å². The molecule has 4 saturated carbocycles. The van der Waals surface area contributed by atoms with Crippen LogP contribution < -0.4 is 0 Å². The number of carbonyl (C=O) groups is 2. The first-order chi connectivity index (χ1) is 12.2. The van der Waals surface area contributed by atoms with Gasteiger partial charge in [0.25, 0.3) is 0 Å². The van der Waals surface area contributed by atoms with Crippen LogP contribution in [-0.4, -0.2) is 28.4 Å². The quantitative estimate of drug-likeness (QED) is 0.712. The molecule has 0 radical (unpaired) electrons. The number of halogens is 1. The molecular formula is C22H29FO3. The molecule has 4 heteroatoms. The van der Waals surface area contributed by atoms with Gasteiger partial charge in [-0.05, 0) is 62.4 Å². The molecule has 0 unspecified atom stereocenters. The first-order valence-electron chi connectivity index (χ1n) is 10.3. The van der Waals surface area contributed by atoms with Crippen molar-refractivity contribution in [3.63, 3.8) is 0 Å². The number of alkyl halides is 1. The Hall–Kier alpha value is -1.03. The van der Waals surface area contributed by atoms with Crippen LogP contribution in [0, 0.1) is 28.1 Å². The minimum absolute atomic E-state index is 0.0922. The minimum Gasteiger partial charge on any atom is -0.390 e. The summed E-state index contributed by atoms with van der Waals surface area (Å²) in [6.07, 6.45) is 6.62. The number of allylic oxidation sites excluding steroid dienone is 1. The third kappa shape index (κ3) is 1.61. The molecule has 0 aromatic rings. The predicted molar refractivity (Wildman–Crippen MR) is 95.1 cm³/mol. The molecular weight excluding hydrogens is 331 g/mol. The topological polar surface area (TPSA) is 54.4 Å². The highest BCUT2D eigenvalue weighted by molar-refractivity contribution is 5.92. The van der Waals surface area contributed by atoms with Crippen LogP contribution in [0.3, 0.4) is 0 Å². The summed E-state index contributed by atoms with van der Waals surface area (Å²) >= 11 is 0. The molecule has 0 aromatic carbocycles. The molecule has 5 aliphatic rings. The number of hydrogen-bond donors (Lipinski definition) is 1. The monoisotopic (exact) mass is 360 g/mol. The molecule has 142 valence electrons. The van der Waals surface area contributed by atoms with Crippen molar-refractivity contribution in [2.24, 2.45) is 28.1 Å². The second kappa shape index (κ2) is 4.87. The average molecular weight is 360 g/mol. The molecule has 0 aromatic heterocycles. The van der Waals surface area contributed by atoms with E-state index in [2.05, 4.69) is 6.92 Å². The number of rotatable bonds is 0. The van der Waals surface area contributed by atoms with Crippen molar-refractivity contribution in [2.75, 3.05) is 0 Å². The Kier molecular flexibility index (Phi) is 3.20. The van der Waals surface area contributed by atoms with Gasteiger partial charge in [0.1, 0.15) is 11.5 Å². The number of ketones is 2. The van der Waals surface area contributed by atoms with Gasteiger partial charge in [0.05, 0.1) is 6.10 Å². The standard InChI is InChI=1S/C22H29FO3/c1-19-8-5-14(24)11-13(19)3-4-16-15-6-9-21(10-7-17(21)25)20(15,2)12-18(26)22(16,19)23/h11,15-16,18,26H,3-10,12H2,1-2H3/t15-,16-,18-,19-,20-,21-,22-/m0/s1. The zero-order valence-electron chi connectivity index (χ0n) is 15.8. The number of carbonyl (C=O) groups excluding carboxylic acids is 2. The maximum atomic E-state index is 16.9. The van der Waals surface area contributed by atoms with E-state index in [4.69, 9.17) is 0 Å². The lowest BCUT2D eigenvalue weighted by Gasteiger charge is -2.65. The average Bonchev–Trinajstić information content (AvgIpc) is 2.90. The largest absolute Gasteiger partial charge is 0.390 e. The van der Waals surface area contributed by atoms with Crippen molar-refractivity contribution in [2.45, 2.75) is 83.4 Å². The summed E-state index contributed by atoms with van der Waals surface area (Å²) in [6.45, 7) is 4.09. The van der Waals surface area contributed by atoms with E-state index in [-0.39, 0.29) is 28.4 Å². The summed E-state index contributed by atoms with van der Waals surface area (Å²) in [6, 6.07) is 0. The lowest BCUT2D eigenvalue weighted by Crippen LogP contribution is -2.69. The van der Waals surface area contributed by atoms with Crippen LogP contribution in [0.1, 0.15) is 71.6 Å². The first-order valence-corrected chi connectivity index (χ1v) is 10.3. The van der Waals surface area contributed by atoms with E-state index in [1.807, 2.05) is 6.92 Å². The molecule has 0 aliphatic heterocycles. The third-order valence-electron chi connectivity index (χ3n) is 9.72. The molecule has 3 nitrogen and oxygen atoms in total. The van der Waals surface area contributed by atoms with E-state index < -0.39 is 17.2 Å². The van der Waals surface area contributed by atoms with Gasteiger partial charge in [-0.3, -0.25) is 9.59 Å². The zero-order chi connectivity index (χ0) is 18.5. The fourth-order valence-corrected chi connectivity index (χ4v) is 8.08. The molecule has 7 atom stereocenters. The van der Waals surface area contributed by atoms with Crippen molar-refractivity contribution in [1.82, 2.24) is 0 Å². The Morgan fingerprint density at radius 3 is 2.46 bits per heavy atom. The second-order valence-corrected chi connectivity index (χ2v) is 10.2. The van der Waals surface area contributed by atoms with Crippen LogP contribution in [0.15, 0.2) is 11.6 Å². The molecule has 0 heterocycles. The molecule has 1 spiro atoms. The van der Waals surface area contributed by atoms with Gasteiger partial charge in [0.2, 0.25) is 0 Å². The number of hydrogen-bond acceptors (Lipinski definition) is 3. The first kappa shape index (κ1) is 17.1. The van der Waals surface area contributed by atoms with Gasteiger partial charge < -0.3 is 5.11 Å². The highest BCUT2D eigenvalue weighted by Gasteiger charge is 2.75. The maximum Gasteiger partial charge on any atom is 0.155 e. The summed E-state index contributed by atoms with van der Waals surface area (Å²) in [5.74, 6) is 0.386. The Morgan fingerprint density at radius 1 is 1.04 bits per heavy atom. The number of fused-ring (bicyclic) bond motifs is 6. The number of aliphatic hydroxyl groups is 1. The van der Waals surface area contributed by atoms with Gasteiger partial charge in [0, 0.05) is 29.6 Å². The van der Waals surface area contributed by atoms with Crippen LogP contribution in [0.5, 0.6) is 0 Å². The molecule has 4 fully saturated rings. The zero-order valence-corrected chi connectivity index (χ0v) is 15.8. The Morgan fingerprint density at radius 2 is 1.81 bits per heavy atom. The Bertz CT molecular complexity index is 744. The van der Waals surface area contributed by atoms with Gasteiger partial charge in [-0.15, -0.1) is 0 Å². The highest BCUT2D eigenvalue weighted by Crippen LogP contribution is 2.74. The van der Waals surface area contributed by atoms with Crippen molar-refractivity contribution in [3.8, 4) is 0 Å². The predicted octanol–water partition coefficient (Wildman–Crippen LogP) is 3.93. The molecule has 0 amide bonds. The summed E-state index contributed by atoms with van der Waals surface area (Å²) in [5, 5.41) is 11.2. The lowest BCUT2D eigenvalue weighted by molar-refractivity contribution is -0.221. The number of Topliss-reactive ketones (excluding diaryl/α,β-unsaturated/α-hetero) is 1. The van der Waals surface area contributed by atoms with E-state index >= 15 is 4.39 Å². The van der Waals surface area contributed by atoms with Crippen LogP contribution >= 0.6 is 0 Å². The van der Waals surface area contributed by atoms with Crippen molar-refractivity contribution in [1.29, 1.82) is 0 Å². The van der Waals surface area contributed by atoms with E-state index in [0.29, 0.717) is 37.9 Å². The fourth-order valence-electron chi connectivity index (χ4n) is 8.08. The van der Waals surface area contributed by atoms with Crippen LogP contribution in [-0.2, 0) is 9.59 Å². The van der Waals surface area contributed by atoms with Crippen molar-refractivity contribution < 1.29 is 19.1 Å². The summed E-state index contributed by atoms with van der Waals surface area (Å²) in [5.41, 5.74) is -2.10. The Labute approximate surface area is 154 Å². The second-order valence-electron chi connectivity index (χ2n) is 10.2. The van der Waals surface area contributed by atoms with Crippen LogP contribution in [0.4, 0.5) is 4.39 Å². The van der Waals surface area contributed by atoms with Gasteiger partial charge in [0.15, 0.2) is 5.78 Å². The van der Waals surface area contributed by atoms with Gasteiger partial charge in [-0.1, -0.05) is 19.4 Å². The normalized spacial score (nSPS) is 55.7. The minimum atomic E-state index is -1.68. The third-order valence-corrected chi connectivity index (χ3v) is 9.72. The summed E-state index contributed by atoms with van der Waals surface area (Å²) < 4.78 is 16.9. The molecule has 0 bridgehead atoms. The molecule has 1 N–H and O–H groups in total. The summed E-state index contributed by atoms with van der Waals surface area (Å²) in [4.78, 5) is 24.5.